The summed E-state index contributed by atoms with van der Waals surface area (Å²) in [6.45, 7) is 4.20. The Hall–Kier alpha value is -3.23. The summed E-state index contributed by atoms with van der Waals surface area (Å²) in [5.74, 6) is -0.287. The number of benzene rings is 3. The van der Waals surface area contributed by atoms with Crippen molar-refractivity contribution in [1.29, 1.82) is 0 Å². The summed E-state index contributed by atoms with van der Waals surface area (Å²) in [5, 5.41) is 3.64. The van der Waals surface area contributed by atoms with Crippen molar-refractivity contribution in [2.45, 2.75) is 25.3 Å². The number of anilines is 1. The Balaban J connectivity index is 1.42. The number of thiazole rings is 1. The topological polar surface area (TPSA) is 88.2 Å². The molecule has 0 aliphatic rings. The zero-order valence-electron chi connectivity index (χ0n) is 17.0. The largest absolute Gasteiger partial charge is 0.346 e. The van der Waals surface area contributed by atoms with Crippen molar-refractivity contribution < 1.29 is 13.2 Å². The van der Waals surface area contributed by atoms with Crippen molar-refractivity contribution >= 4 is 43.2 Å². The van der Waals surface area contributed by atoms with Gasteiger partial charge in [0.1, 0.15) is 5.01 Å². The Morgan fingerprint density at radius 3 is 2.42 bits per heavy atom. The fourth-order valence-corrected chi connectivity index (χ4v) is 5.01. The average molecular weight is 452 g/mol. The first-order valence-corrected chi connectivity index (χ1v) is 11.9. The molecule has 4 aromatic rings. The highest BCUT2D eigenvalue weighted by atomic mass is 32.2. The molecule has 0 atom stereocenters. The number of fused-ring (bicyclic) bond motifs is 1. The fourth-order valence-electron chi connectivity index (χ4n) is 3.06. The van der Waals surface area contributed by atoms with Crippen LogP contribution >= 0.6 is 11.3 Å². The molecule has 0 aliphatic carbocycles. The summed E-state index contributed by atoms with van der Waals surface area (Å²) in [5.41, 5.74) is 3.87. The summed E-state index contributed by atoms with van der Waals surface area (Å²) in [7, 11) is -3.75. The summed E-state index contributed by atoms with van der Waals surface area (Å²) in [6, 6.07) is 19.0. The van der Waals surface area contributed by atoms with E-state index in [-0.39, 0.29) is 10.8 Å². The second-order valence-electron chi connectivity index (χ2n) is 7.19. The fraction of sp³-hybridized carbons (Fsp3) is 0.130. The van der Waals surface area contributed by atoms with Crippen molar-refractivity contribution in [2.75, 3.05) is 4.72 Å². The second kappa shape index (κ2) is 8.49. The molecule has 31 heavy (non-hydrogen) atoms. The lowest BCUT2D eigenvalue weighted by atomic mass is 10.1. The number of carbonyl (C=O) groups excluding carboxylic acids is 1. The number of hydrogen-bond acceptors (Lipinski definition) is 5. The minimum absolute atomic E-state index is 0.0912. The maximum Gasteiger partial charge on any atom is 0.261 e. The molecule has 0 aliphatic heterocycles. The number of sulfonamides is 1. The van der Waals surface area contributed by atoms with E-state index in [1.54, 1.807) is 12.1 Å². The monoisotopic (exact) mass is 451 g/mol. The Labute approximate surface area is 185 Å². The Morgan fingerprint density at radius 1 is 0.968 bits per heavy atom. The van der Waals surface area contributed by atoms with Gasteiger partial charge in [-0.15, -0.1) is 11.3 Å². The molecule has 3 aromatic carbocycles. The number of nitrogens with zero attached hydrogens (tertiary/aromatic N) is 1. The molecule has 0 radical (unpaired) electrons. The Bertz CT molecular complexity index is 1330. The van der Waals surface area contributed by atoms with E-state index < -0.39 is 10.0 Å². The van der Waals surface area contributed by atoms with Crippen LogP contribution in [0.5, 0.6) is 0 Å². The van der Waals surface area contributed by atoms with Crippen LogP contribution in [0.25, 0.3) is 10.2 Å². The number of hydrogen-bond donors (Lipinski definition) is 2. The first-order chi connectivity index (χ1) is 14.8. The Morgan fingerprint density at radius 2 is 1.71 bits per heavy atom. The molecule has 0 bridgehead atoms. The molecule has 0 saturated heterocycles. The third kappa shape index (κ3) is 4.76. The van der Waals surface area contributed by atoms with Gasteiger partial charge in [0.25, 0.3) is 15.9 Å². The maximum absolute atomic E-state index is 12.7. The number of aryl methyl sites for hydroxylation is 2. The number of aromatic nitrogens is 1. The maximum atomic E-state index is 12.7. The van der Waals surface area contributed by atoms with Gasteiger partial charge in [0.15, 0.2) is 0 Å². The van der Waals surface area contributed by atoms with Crippen LogP contribution in [0.15, 0.2) is 71.6 Å². The van der Waals surface area contributed by atoms with Crippen LogP contribution in [-0.2, 0) is 16.6 Å². The molecular formula is C23H21N3O3S2. The van der Waals surface area contributed by atoms with E-state index in [1.165, 1.54) is 35.6 Å². The third-order valence-electron chi connectivity index (χ3n) is 4.92. The lowest BCUT2D eigenvalue weighted by molar-refractivity contribution is 0.0951. The van der Waals surface area contributed by atoms with Crippen LogP contribution in [0, 0.1) is 13.8 Å². The van der Waals surface area contributed by atoms with Crippen LogP contribution in [0.2, 0.25) is 0 Å². The number of amides is 1. The predicted octanol–water partition coefficient (Wildman–Crippen LogP) is 4.64. The van der Waals surface area contributed by atoms with Gasteiger partial charge in [-0.1, -0.05) is 18.2 Å². The highest BCUT2D eigenvalue weighted by Crippen LogP contribution is 2.22. The first-order valence-electron chi connectivity index (χ1n) is 9.65. The van der Waals surface area contributed by atoms with Gasteiger partial charge in [0, 0.05) is 11.3 Å². The van der Waals surface area contributed by atoms with Crippen LogP contribution in [-0.4, -0.2) is 19.3 Å². The minimum atomic E-state index is -3.75. The molecule has 4 rings (SSSR count). The molecule has 158 valence electrons. The van der Waals surface area contributed by atoms with Gasteiger partial charge < -0.3 is 5.32 Å². The minimum Gasteiger partial charge on any atom is -0.346 e. The van der Waals surface area contributed by atoms with Crippen molar-refractivity contribution in [2.24, 2.45) is 0 Å². The van der Waals surface area contributed by atoms with E-state index in [2.05, 4.69) is 15.0 Å². The molecule has 0 fully saturated rings. The number of nitrogens with one attached hydrogen (secondary N) is 2. The predicted molar refractivity (Wildman–Crippen MR) is 124 cm³/mol. The third-order valence-corrected chi connectivity index (χ3v) is 7.36. The second-order valence-corrected chi connectivity index (χ2v) is 9.98. The Kier molecular flexibility index (Phi) is 5.75. The van der Waals surface area contributed by atoms with Gasteiger partial charge in [-0.05, 0) is 73.5 Å². The first kappa shape index (κ1) is 21.0. The standard InChI is InChI=1S/C23H21N3O3S2/c1-15-7-10-18(13-16(15)2)26-31(28,29)19-11-8-17(9-12-19)23(27)24-14-22-25-20-5-3-4-6-21(20)30-22/h3-13,26H,14H2,1-2H3,(H,24,27). The molecule has 0 spiro atoms. The number of para-hydroxylation sites is 1. The van der Waals surface area contributed by atoms with Gasteiger partial charge in [0.05, 0.1) is 21.7 Å². The normalized spacial score (nSPS) is 11.4. The van der Waals surface area contributed by atoms with Gasteiger partial charge in [-0.2, -0.15) is 0 Å². The highest BCUT2D eigenvalue weighted by Gasteiger charge is 2.16. The smallest absolute Gasteiger partial charge is 0.261 e. The quantitative estimate of drug-likeness (QED) is 0.447. The van der Waals surface area contributed by atoms with Crippen LogP contribution < -0.4 is 10.0 Å². The zero-order valence-corrected chi connectivity index (χ0v) is 18.7. The van der Waals surface area contributed by atoms with Gasteiger partial charge in [-0.25, -0.2) is 13.4 Å². The molecule has 1 aromatic heterocycles. The highest BCUT2D eigenvalue weighted by molar-refractivity contribution is 7.92. The van der Waals surface area contributed by atoms with E-state index >= 15 is 0 Å². The molecule has 1 amide bonds. The molecule has 0 saturated carbocycles. The van der Waals surface area contributed by atoms with Crippen LogP contribution in [0.4, 0.5) is 5.69 Å². The van der Waals surface area contributed by atoms with Gasteiger partial charge >= 0.3 is 0 Å². The number of rotatable bonds is 6. The van der Waals surface area contributed by atoms with E-state index in [0.717, 1.165) is 26.4 Å². The van der Waals surface area contributed by atoms with Crippen molar-refractivity contribution in [3.8, 4) is 0 Å². The molecule has 2 N–H and O–H groups in total. The van der Waals surface area contributed by atoms with E-state index in [9.17, 15) is 13.2 Å². The van der Waals surface area contributed by atoms with Gasteiger partial charge in [0.2, 0.25) is 0 Å². The van der Waals surface area contributed by atoms with E-state index in [1.807, 2.05) is 44.2 Å². The average Bonchev–Trinajstić information content (AvgIpc) is 3.17. The van der Waals surface area contributed by atoms with E-state index in [0.29, 0.717) is 17.8 Å². The number of carbonyl (C=O) groups is 1. The van der Waals surface area contributed by atoms with Crippen LogP contribution in [0.3, 0.4) is 0 Å². The summed E-state index contributed by atoms with van der Waals surface area (Å²) < 4.78 is 29.0. The van der Waals surface area contributed by atoms with Gasteiger partial charge in [-0.3, -0.25) is 9.52 Å². The molecule has 6 nitrogen and oxygen atoms in total. The van der Waals surface area contributed by atoms with E-state index in [4.69, 9.17) is 0 Å². The molecular weight excluding hydrogens is 430 g/mol. The molecule has 0 unspecified atom stereocenters. The van der Waals surface area contributed by atoms with Crippen molar-refractivity contribution in [1.82, 2.24) is 10.3 Å². The van der Waals surface area contributed by atoms with Crippen molar-refractivity contribution in [3.63, 3.8) is 0 Å². The SMILES string of the molecule is Cc1ccc(NS(=O)(=O)c2ccc(C(=O)NCc3nc4ccccc4s3)cc2)cc1C. The molecule has 8 heteroatoms. The lowest BCUT2D eigenvalue weighted by Crippen LogP contribution is -2.22. The summed E-state index contributed by atoms with van der Waals surface area (Å²) >= 11 is 1.53. The van der Waals surface area contributed by atoms with Crippen LogP contribution in [0.1, 0.15) is 26.5 Å². The zero-order chi connectivity index (χ0) is 22.0. The van der Waals surface area contributed by atoms with Crippen molar-refractivity contribution in [3.05, 3.63) is 88.4 Å². The summed E-state index contributed by atoms with van der Waals surface area (Å²) in [6.07, 6.45) is 0. The summed E-state index contributed by atoms with van der Waals surface area (Å²) in [4.78, 5) is 17.0. The lowest BCUT2D eigenvalue weighted by Gasteiger charge is -2.10. The molecule has 1 heterocycles.